The van der Waals surface area contributed by atoms with Gasteiger partial charge < -0.3 is 0 Å². The number of hydrogen-bond donors (Lipinski definition) is 1. The minimum atomic E-state index is -4.71. The number of carbonyl (C=O) groups is 1. The molecule has 10 heteroatoms. The number of amides is 1. The number of pyridine rings is 1. The summed E-state index contributed by atoms with van der Waals surface area (Å²) < 4.78 is 67.4. The molecule has 1 heterocycles. The minimum Gasteiger partial charge on any atom is -0.273 e. The van der Waals surface area contributed by atoms with E-state index >= 15 is 0 Å². The summed E-state index contributed by atoms with van der Waals surface area (Å²) in [5.41, 5.74) is -2.10. The molecular formula is C20H16ClF3N2O3S. The molecular weight excluding hydrogens is 441 g/mol. The van der Waals surface area contributed by atoms with Crippen molar-refractivity contribution < 1.29 is 26.4 Å². The van der Waals surface area contributed by atoms with Crippen LogP contribution in [0.1, 0.15) is 18.9 Å². The lowest BCUT2D eigenvalue weighted by Crippen LogP contribution is -2.47. The van der Waals surface area contributed by atoms with Gasteiger partial charge in [-0.3, -0.25) is 9.78 Å². The summed E-state index contributed by atoms with van der Waals surface area (Å²) in [6.45, 7) is 1.05. The largest absolute Gasteiger partial charge is 0.390 e. The molecule has 5 nitrogen and oxygen atoms in total. The predicted molar refractivity (Wildman–Crippen MR) is 107 cm³/mol. The lowest BCUT2D eigenvalue weighted by Gasteiger charge is -2.29. The maximum Gasteiger partial charge on any atom is 0.390 e. The smallest absolute Gasteiger partial charge is 0.273 e. The highest BCUT2D eigenvalue weighted by atomic mass is 35.5. The first-order valence-corrected chi connectivity index (χ1v) is 10.5. The molecule has 0 saturated heterocycles. The summed E-state index contributed by atoms with van der Waals surface area (Å²) in [6.07, 6.45) is -4.90. The molecule has 0 bridgehead atoms. The molecule has 1 atom stereocenters. The van der Waals surface area contributed by atoms with Crippen molar-refractivity contribution >= 4 is 38.4 Å². The first-order valence-electron chi connectivity index (χ1n) is 8.66. The Kier molecular flexibility index (Phi) is 5.79. The van der Waals surface area contributed by atoms with Gasteiger partial charge in [0.1, 0.15) is 4.90 Å². The first-order chi connectivity index (χ1) is 13.9. The Morgan fingerprint density at radius 1 is 1.10 bits per heavy atom. The molecule has 1 amide bonds. The number of nitrogens with zero attached hydrogens (tertiary/aromatic N) is 1. The van der Waals surface area contributed by atoms with Crippen molar-refractivity contribution in [3.05, 3.63) is 71.4 Å². The number of rotatable bonds is 5. The number of aromatic nitrogens is 1. The van der Waals surface area contributed by atoms with Gasteiger partial charge in [-0.2, -0.15) is 13.2 Å². The Morgan fingerprint density at radius 3 is 2.40 bits per heavy atom. The van der Waals surface area contributed by atoms with Crippen LogP contribution in [-0.4, -0.2) is 25.5 Å². The molecule has 0 aliphatic carbocycles. The van der Waals surface area contributed by atoms with E-state index < -0.39 is 38.8 Å². The Morgan fingerprint density at radius 2 is 1.77 bits per heavy atom. The van der Waals surface area contributed by atoms with E-state index in [1.54, 1.807) is 22.9 Å². The van der Waals surface area contributed by atoms with Crippen molar-refractivity contribution in [3.8, 4) is 0 Å². The van der Waals surface area contributed by atoms with Gasteiger partial charge in [0.05, 0.1) is 17.4 Å². The maximum atomic E-state index is 13.3. The summed E-state index contributed by atoms with van der Waals surface area (Å²) in [7, 11) is -4.57. The second kappa shape index (κ2) is 7.88. The number of carbonyl (C=O) groups excluding carboxylic acids is 1. The zero-order valence-electron chi connectivity index (χ0n) is 15.6. The van der Waals surface area contributed by atoms with Gasteiger partial charge in [-0.25, -0.2) is 13.1 Å². The normalized spacial score (nSPS) is 14.3. The highest BCUT2D eigenvalue weighted by molar-refractivity contribution is 7.90. The van der Waals surface area contributed by atoms with Crippen LogP contribution in [0.15, 0.2) is 65.7 Å². The average Bonchev–Trinajstić information content (AvgIpc) is 2.66. The van der Waals surface area contributed by atoms with Crippen LogP contribution in [0.2, 0.25) is 5.02 Å². The van der Waals surface area contributed by atoms with Crippen LogP contribution in [0.25, 0.3) is 10.9 Å². The van der Waals surface area contributed by atoms with Crippen molar-refractivity contribution in [2.45, 2.75) is 29.8 Å². The summed E-state index contributed by atoms with van der Waals surface area (Å²) in [6, 6.07) is 12.9. The molecule has 3 rings (SSSR count). The van der Waals surface area contributed by atoms with Gasteiger partial charge >= 0.3 is 6.18 Å². The molecule has 0 radical (unpaired) electrons. The molecule has 1 N–H and O–H groups in total. The fourth-order valence-electron chi connectivity index (χ4n) is 3.14. The zero-order valence-corrected chi connectivity index (χ0v) is 17.1. The Hall–Kier alpha value is -2.65. The molecule has 30 heavy (non-hydrogen) atoms. The van der Waals surface area contributed by atoms with E-state index in [0.717, 1.165) is 13.0 Å². The SMILES string of the molecule is CC(CC(F)(F)F)(C(=O)NS(=O)(=O)c1cc(Cl)cc2cccnc12)c1ccccc1. The van der Waals surface area contributed by atoms with Gasteiger partial charge in [0.2, 0.25) is 5.91 Å². The first kappa shape index (κ1) is 22.0. The van der Waals surface area contributed by atoms with Crippen molar-refractivity contribution in [2.24, 2.45) is 0 Å². The molecule has 2 aromatic carbocycles. The molecule has 0 saturated carbocycles. The third-order valence-corrected chi connectivity index (χ3v) is 6.18. The third kappa shape index (κ3) is 4.57. The van der Waals surface area contributed by atoms with E-state index in [-0.39, 0.29) is 16.1 Å². The number of fused-ring (bicyclic) bond motifs is 1. The Labute approximate surface area is 175 Å². The van der Waals surface area contributed by atoms with E-state index in [9.17, 15) is 26.4 Å². The van der Waals surface area contributed by atoms with Gasteiger partial charge in [-0.15, -0.1) is 0 Å². The standard InChI is InChI=1S/C20H16ClF3N2O3S/c1-19(12-20(22,23)24,14-7-3-2-4-8-14)18(27)26-30(28,29)16-11-15(21)10-13-6-5-9-25-17(13)16/h2-11H,12H2,1H3,(H,26,27). The third-order valence-electron chi connectivity index (χ3n) is 4.62. The van der Waals surface area contributed by atoms with E-state index in [2.05, 4.69) is 4.98 Å². The second-order valence-corrected chi connectivity index (χ2v) is 8.99. The lowest BCUT2D eigenvalue weighted by atomic mass is 9.78. The van der Waals surface area contributed by atoms with Crippen molar-refractivity contribution in [3.63, 3.8) is 0 Å². The summed E-state index contributed by atoms with van der Waals surface area (Å²) in [5, 5.41) is 0.475. The summed E-state index contributed by atoms with van der Waals surface area (Å²) in [5.74, 6) is -1.31. The number of halogens is 4. The van der Waals surface area contributed by atoms with Crippen LogP contribution in [-0.2, 0) is 20.2 Å². The van der Waals surface area contributed by atoms with E-state index in [4.69, 9.17) is 11.6 Å². The van der Waals surface area contributed by atoms with Crippen molar-refractivity contribution in [1.29, 1.82) is 0 Å². The predicted octanol–water partition coefficient (Wildman–Crippen LogP) is 4.60. The molecule has 158 valence electrons. The molecule has 1 aromatic heterocycles. The van der Waals surface area contributed by atoms with Gasteiger partial charge in [0.25, 0.3) is 10.0 Å². The number of alkyl halides is 3. The quantitative estimate of drug-likeness (QED) is 0.608. The Bertz CT molecular complexity index is 1200. The van der Waals surface area contributed by atoms with E-state index in [0.29, 0.717) is 5.39 Å². The molecule has 1 unspecified atom stereocenters. The summed E-state index contributed by atoms with van der Waals surface area (Å²) in [4.78, 5) is 16.5. The van der Waals surface area contributed by atoms with E-state index in [1.165, 1.54) is 36.5 Å². The fourth-order valence-corrected chi connectivity index (χ4v) is 4.72. The van der Waals surface area contributed by atoms with E-state index in [1.807, 2.05) is 0 Å². The number of nitrogens with one attached hydrogen (secondary N) is 1. The summed E-state index contributed by atoms with van der Waals surface area (Å²) >= 11 is 5.99. The van der Waals surface area contributed by atoms with Crippen molar-refractivity contribution in [2.75, 3.05) is 0 Å². The van der Waals surface area contributed by atoms with Gasteiger partial charge in [-0.1, -0.05) is 48.0 Å². The highest BCUT2D eigenvalue weighted by Crippen LogP contribution is 2.37. The minimum absolute atomic E-state index is 0.0316. The average molecular weight is 457 g/mol. The fraction of sp³-hybridized carbons (Fsp3) is 0.200. The number of hydrogen-bond acceptors (Lipinski definition) is 4. The number of sulfonamides is 1. The zero-order chi connectivity index (χ0) is 22.2. The second-order valence-electron chi connectivity index (χ2n) is 6.90. The van der Waals surface area contributed by atoms with Crippen LogP contribution in [0.5, 0.6) is 0 Å². The maximum absolute atomic E-state index is 13.3. The topological polar surface area (TPSA) is 76.1 Å². The van der Waals surface area contributed by atoms with Crippen LogP contribution >= 0.6 is 11.6 Å². The molecule has 3 aromatic rings. The molecule has 0 spiro atoms. The van der Waals surface area contributed by atoms with Crippen LogP contribution in [0.3, 0.4) is 0 Å². The van der Waals surface area contributed by atoms with Gasteiger partial charge in [0, 0.05) is 16.6 Å². The highest BCUT2D eigenvalue weighted by Gasteiger charge is 2.46. The molecule has 0 aliphatic rings. The molecule has 0 fully saturated rings. The van der Waals surface area contributed by atoms with Crippen LogP contribution in [0, 0.1) is 0 Å². The van der Waals surface area contributed by atoms with Gasteiger partial charge in [0.15, 0.2) is 0 Å². The number of benzene rings is 2. The van der Waals surface area contributed by atoms with Crippen LogP contribution < -0.4 is 4.72 Å². The van der Waals surface area contributed by atoms with Crippen LogP contribution in [0.4, 0.5) is 13.2 Å². The lowest BCUT2D eigenvalue weighted by molar-refractivity contribution is -0.156. The Balaban J connectivity index is 2.06. The van der Waals surface area contributed by atoms with Gasteiger partial charge in [-0.05, 0) is 30.7 Å². The van der Waals surface area contributed by atoms with Crippen molar-refractivity contribution in [1.82, 2.24) is 9.71 Å². The molecule has 0 aliphatic heterocycles. The monoisotopic (exact) mass is 456 g/mol.